The van der Waals surface area contributed by atoms with Gasteiger partial charge in [-0.2, -0.15) is 5.10 Å². The number of amides is 1. The summed E-state index contributed by atoms with van der Waals surface area (Å²) in [6, 6.07) is 13.8. The van der Waals surface area contributed by atoms with Crippen molar-refractivity contribution in [3.63, 3.8) is 0 Å². The van der Waals surface area contributed by atoms with E-state index in [1.807, 2.05) is 54.2 Å². The molecule has 1 N–H and O–H groups in total. The number of hydrogen-bond acceptors (Lipinski definition) is 4. The first-order valence-corrected chi connectivity index (χ1v) is 9.04. The van der Waals surface area contributed by atoms with E-state index in [0.717, 1.165) is 21.8 Å². The molecule has 2 heterocycles. The van der Waals surface area contributed by atoms with Crippen LogP contribution in [0.25, 0.3) is 10.6 Å². The second-order valence-corrected chi connectivity index (χ2v) is 6.77. The summed E-state index contributed by atoms with van der Waals surface area (Å²) in [6.45, 7) is 5.20. The molecule has 1 aromatic carbocycles. The van der Waals surface area contributed by atoms with Gasteiger partial charge >= 0.3 is 0 Å². The summed E-state index contributed by atoms with van der Waals surface area (Å²) >= 11 is 1.67. The second-order valence-electron chi connectivity index (χ2n) is 5.82. The Morgan fingerprint density at radius 3 is 2.76 bits per heavy atom. The van der Waals surface area contributed by atoms with Gasteiger partial charge in [0.1, 0.15) is 11.4 Å². The lowest BCUT2D eigenvalue weighted by Gasteiger charge is -2.08. The highest BCUT2D eigenvalue weighted by Gasteiger charge is 2.08. The molecule has 3 rings (SSSR count). The number of aryl methyl sites for hydroxylation is 2. The monoisotopic (exact) mass is 355 g/mol. The first kappa shape index (κ1) is 17.2. The van der Waals surface area contributed by atoms with Crippen molar-refractivity contribution in [3.8, 4) is 16.3 Å². The van der Waals surface area contributed by atoms with Crippen molar-refractivity contribution in [3.05, 3.63) is 59.1 Å². The Bertz CT molecular complexity index is 823. The first-order valence-electron chi connectivity index (χ1n) is 8.16. The summed E-state index contributed by atoms with van der Waals surface area (Å²) in [4.78, 5) is 13.0. The van der Waals surface area contributed by atoms with E-state index in [0.29, 0.717) is 18.8 Å². The number of benzene rings is 1. The fourth-order valence-corrected chi connectivity index (χ4v) is 3.10. The second kappa shape index (κ2) is 7.98. The highest BCUT2D eigenvalue weighted by molar-refractivity contribution is 7.13. The maximum Gasteiger partial charge on any atom is 0.258 e. The number of nitrogens with zero attached hydrogens (tertiary/aromatic N) is 2. The fourth-order valence-electron chi connectivity index (χ4n) is 2.42. The number of thiophene rings is 1. The van der Waals surface area contributed by atoms with Crippen LogP contribution >= 0.6 is 11.3 Å². The van der Waals surface area contributed by atoms with E-state index in [1.165, 1.54) is 0 Å². The number of rotatable bonds is 7. The van der Waals surface area contributed by atoms with Crippen LogP contribution in [0.15, 0.2) is 47.8 Å². The molecule has 25 heavy (non-hydrogen) atoms. The fraction of sp³-hybridized carbons (Fsp3) is 0.263. The molecule has 2 aromatic heterocycles. The normalized spacial score (nSPS) is 10.6. The third-order valence-electron chi connectivity index (χ3n) is 3.79. The molecular formula is C19H21N3O2S. The number of nitrogens with one attached hydrogen (secondary N) is 1. The van der Waals surface area contributed by atoms with Crippen LogP contribution in [0.3, 0.4) is 0 Å². The van der Waals surface area contributed by atoms with Crippen molar-refractivity contribution in [2.75, 3.05) is 13.2 Å². The number of carbonyl (C=O) groups excluding carboxylic acids is 1. The van der Waals surface area contributed by atoms with Crippen LogP contribution in [0.1, 0.15) is 11.3 Å². The molecule has 1 amide bonds. The SMILES string of the molecule is Cc1ccc(OCC(=O)NCCn2nc(-c3cccs3)cc2C)cc1. The van der Waals surface area contributed by atoms with Crippen LogP contribution in [0.4, 0.5) is 0 Å². The molecule has 0 radical (unpaired) electrons. The molecule has 0 atom stereocenters. The van der Waals surface area contributed by atoms with Crippen LogP contribution in [-0.4, -0.2) is 28.8 Å². The van der Waals surface area contributed by atoms with E-state index in [4.69, 9.17) is 4.74 Å². The average molecular weight is 355 g/mol. The van der Waals surface area contributed by atoms with E-state index >= 15 is 0 Å². The minimum atomic E-state index is -0.135. The molecule has 0 unspecified atom stereocenters. The maximum atomic E-state index is 11.9. The molecule has 130 valence electrons. The molecule has 3 aromatic rings. The van der Waals surface area contributed by atoms with E-state index in [9.17, 15) is 4.79 Å². The van der Waals surface area contributed by atoms with Crippen molar-refractivity contribution in [2.24, 2.45) is 0 Å². The van der Waals surface area contributed by atoms with Crippen LogP contribution in [0.2, 0.25) is 0 Å². The summed E-state index contributed by atoms with van der Waals surface area (Å²) in [5, 5.41) is 9.50. The third-order valence-corrected chi connectivity index (χ3v) is 4.68. The molecule has 0 saturated carbocycles. The van der Waals surface area contributed by atoms with Gasteiger partial charge in [-0.05, 0) is 43.5 Å². The van der Waals surface area contributed by atoms with Gasteiger partial charge < -0.3 is 10.1 Å². The van der Waals surface area contributed by atoms with Gasteiger partial charge in [0.2, 0.25) is 0 Å². The Kier molecular flexibility index (Phi) is 5.50. The van der Waals surface area contributed by atoms with Crippen molar-refractivity contribution in [1.29, 1.82) is 0 Å². The van der Waals surface area contributed by atoms with Crippen LogP contribution in [0.5, 0.6) is 5.75 Å². The van der Waals surface area contributed by atoms with Gasteiger partial charge in [0.05, 0.1) is 11.4 Å². The van der Waals surface area contributed by atoms with Crippen molar-refractivity contribution in [2.45, 2.75) is 20.4 Å². The lowest BCUT2D eigenvalue weighted by Crippen LogP contribution is -2.31. The Balaban J connectivity index is 1.44. The lowest BCUT2D eigenvalue weighted by atomic mass is 10.2. The van der Waals surface area contributed by atoms with Crippen molar-refractivity contribution >= 4 is 17.2 Å². The number of aromatic nitrogens is 2. The zero-order valence-electron chi connectivity index (χ0n) is 14.4. The summed E-state index contributed by atoms with van der Waals surface area (Å²) in [6.07, 6.45) is 0. The minimum absolute atomic E-state index is 0.0155. The van der Waals surface area contributed by atoms with Gasteiger partial charge in [-0.3, -0.25) is 9.48 Å². The molecule has 5 nitrogen and oxygen atoms in total. The zero-order valence-corrected chi connectivity index (χ0v) is 15.2. The average Bonchev–Trinajstić information content (AvgIpc) is 3.25. The largest absolute Gasteiger partial charge is 0.484 e. The van der Waals surface area contributed by atoms with E-state index in [-0.39, 0.29) is 12.5 Å². The first-order chi connectivity index (χ1) is 12.1. The smallest absolute Gasteiger partial charge is 0.258 e. The van der Waals surface area contributed by atoms with Crippen LogP contribution < -0.4 is 10.1 Å². The molecule has 0 aliphatic heterocycles. The standard InChI is InChI=1S/C19H21N3O2S/c1-14-5-7-16(8-6-14)24-13-19(23)20-9-10-22-15(2)12-17(21-22)18-4-3-11-25-18/h3-8,11-12H,9-10,13H2,1-2H3,(H,20,23). The number of hydrogen-bond donors (Lipinski definition) is 1. The third kappa shape index (κ3) is 4.70. The maximum absolute atomic E-state index is 11.9. The van der Waals surface area contributed by atoms with Crippen LogP contribution in [-0.2, 0) is 11.3 Å². The number of carbonyl (C=O) groups is 1. The van der Waals surface area contributed by atoms with Gasteiger partial charge in [-0.15, -0.1) is 11.3 Å². The molecule has 0 spiro atoms. The van der Waals surface area contributed by atoms with Gasteiger partial charge in [0.25, 0.3) is 5.91 Å². The highest BCUT2D eigenvalue weighted by atomic mass is 32.1. The van der Waals surface area contributed by atoms with E-state index < -0.39 is 0 Å². The molecule has 6 heteroatoms. The minimum Gasteiger partial charge on any atom is -0.484 e. The Morgan fingerprint density at radius 2 is 2.04 bits per heavy atom. The number of ether oxygens (including phenoxy) is 1. The van der Waals surface area contributed by atoms with Gasteiger partial charge in [0, 0.05) is 12.2 Å². The van der Waals surface area contributed by atoms with E-state index in [2.05, 4.69) is 22.5 Å². The van der Waals surface area contributed by atoms with Crippen molar-refractivity contribution in [1.82, 2.24) is 15.1 Å². The van der Waals surface area contributed by atoms with E-state index in [1.54, 1.807) is 11.3 Å². The summed E-state index contributed by atoms with van der Waals surface area (Å²) < 4.78 is 7.38. The quantitative estimate of drug-likeness (QED) is 0.706. The Hall–Kier alpha value is -2.60. The summed E-state index contributed by atoms with van der Waals surface area (Å²) in [5.74, 6) is 0.563. The molecule has 0 saturated heterocycles. The Morgan fingerprint density at radius 1 is 1.24 bits per heavy atom. The van der Waals surface area contributed by atoms with Crippen molar-refractivity contribution < 1.29 is 9.53 Å². The topological polar surface area (TPSA) is 56.1 Å². The summed E-state index contributed by atoms with van der Waals surface area (Å²) in [7, 11) is 0. The summed E-state index contributed by atoms with van der Waals surface area (Å²) in [5.41, 5.74) is 3.21. The van der Waals surface area contributed by atoms with Gasteiger partial charge in [-0.25, -0.2) is 0 Å². The Labute approximate surface area is 151 Å². The zero-order chi connectivity index (χ0) is 17.6. The predicted octanol–water partition coefficient (Wildman–Crippen LogP) is 3.42. The molecule has 0 aliphatic carbocycles. The van der Waals surface area contributed by atoms with Gasteiger partial charge in [-0.1, -0.05) is 23.8 Å². The molecule has 0 fully saturated rings. The highest BCUT2D eigenvalue weighted by Crippen LogP contribution is 2.23. The predicted molar refractivity (Wildman–Crippen MR) is 100.0 cm³/mol. The molecular weight excluding hydrogens is 334 g/mol. The molecule has 0 bridgehead atoms. The molecule has 0 aliphatic rings. The van der Waals surface area contributed by atoms with Gasteiger partial charge in [0.15, 0.2) is 6.61 Å². The van der Waals surface area contributed by atoms with Crippen LogP contribution in [0, 0.1) is 13.8 Å². The lowest BCUT2D eigenvalue weighted by molar-refractivity contribution is -0.123.